The fraction of sp³-hybridized carbons (Fsp3) is 0.125. The zero-order valence-corrected chi connectivity index (χ0v) is 18.4. The van der Waals surface area contributed by atoms with E-state index in [-0.39, 0.29) is 33.6 Å². The molecule has 8 nitrogen and oxygen atoms in total. The number of aromatic nitrogens is 2. The van der Waals surface area contributed by atoms with Crippen molar-refractivity contribution >= 4 is 46.0 Å². The van der Waals surface area contributed by atoms with Crippen LogP contribution in [0.5, 0.6) is 5.75 Å². The zero-order valence-electron chi connectivity index (χ0n) is 17.6. The highest BCUT2D eigenvalue weighted by Crippen LogP contribution is 2.44. The molecule has 1 saturated heterocycles. The van der Waals surface area contributed by atoms with E-state index >= 15 is 0 Å². The van der Waals surface area contributed by atoms with E-state index in [0.717, 1.165) is 5.56 Å². The largest absolute Gasteiger partial charge is 0.507 e. The Bertz CT molecular complexity index is 1400. The van der Waals surface area contributed by atoms with Gasteiger partial charge in [-0.3, -0.25) is 14.5 Å². The molecule has 5 rings (SSSR count). The number of imidazole rings is 1. The molecule has 1 unspecified atom stereocenters. The van der Waals surface area contributed by atoms with Crippen molar-refractivity contribution in [1.82, 2.24) is 9.97 Å². The number of benzene rings is 2. The number of nitrogens with one attached hydrogen (secondary N) is 1. The predicted octanol–water partition coefficient (Wildman–Crippen LogP) is 4.75. The van der Waals surface area contributed by atoms with E-state index in [1.807, 2.05) is 18.2 Å². The van der Waals surface area contributed by atoms with Crippen molar-refractivity contribution < 1.29 is 23.8 Å². The third kappa shape index (κ3) is 3.27. The highest BCUT2D eigenvalue weighted by Gasteiger charge is 2.49. The summed E-state index contributed by atoms with van der Waals surface area (Å²) in [6.07, 6.45) is 1.43. The summed E-state index contributed by atoms with van der Waals surface area (Å²) >= 11 is 6.30. The Morgan fingerprint density at radius 2 is 2.00 bits per heavy atom. The number of aromatic amines is 1. The highest BCUT2D eigenvalue weighted by molar-refractivity contribution is 6.51. The maximum absolute atomic E-state index is 13.2. The maximum atomic E-state index is 13.2. The van der Waals surface area contributed by atoms with Crippen LogP contribution in [0.4, 0.5) is 5.95 Å². The monoisotopic (exact) mass is 463 g/mol. The molecule has 2 aromatic carbocycles. The first-order chi connectivity index (χ1) is 15.9. The van der Waals surface area contributed by atoms with Crippen molar-refractivity contribution in [2.24, 2.45) is 0 Å². The van der Waals surface area contributed by atoms with E-state index in [9.17, 15) is 14.7 Å². The first-order valence-electron chi connectivity index (χ1n) is 10.0. The number of ether oxygens (including phenoxy) is 1. The molecule has 0 saturated carbocycles. The van der Waals surface area contributed by atoms with Gasteiger partial charge in [-0.1, -0.05) is 23.7 Å². The summed E-state index contributed by atoms with van der Waals surface area (Å²) < 4.78 is 10.9. The number of aliphatic hydroxyl groups is 1. The number of fused-ring (bicyclic) bond motifs is 1. The fourth-order valence-electron chi connectivity index (χ4n) is 4.08. The Balaban J connectivity index is 1.76. The molecule has 0 radical (unpaired) electrons. The first-order valence-corrected chi connectivity index (χ1v) is 10.4. The van der Waals surface area contributed by atoms with Crippen LogP contribution in [0, 0.1) is 6.92 Å². The quantitative estimate of drug-likeness (QED) is 0.257. The Morgan fingerprint density at radius 1 is 1.21 bits per heavy atom. The van der Waals surface area contributed by atoms with Gasteiger partial charge in [0, 0.05) is 0 Å². The summed E-state index contributed by atoms with van der Waals surface area (Å²) in [5.74, 6) is -1.52. The van der Waals surface area contributed by atoms with E-state index in [1.165, 1.54) is 18.3 Å². The van der Waals surface area contributed by atoms with Crippen molar-refractivity contribution in [3.05, 3.63) is 82.3 Å². The van der Waals surface area contributed by atoms with Crippen LogP contribution in [0.15, 0.2) is 64.8 Å². The topological polar surface area (TPSA) is 109 Å². The van der Waals surface area contributed by atoms with Gasteiger partial charge in [0.05, 0.1) is 40.6 Å². The zero-order chi connectivity index (χ0) is 23.3. The lowest BCUT2D eigenvalue weighted by molar-refractivity contribution is -0.132. The predicted molar refractivity (Wildman–Crippen MR) is 122 cm³/mol. The number of nitrogens with zero attached hydrogens (tertiary/aromatic N) is 2. The Labute approximate surface area is 193 Å². The molecule has 166 valence electrons. The summed E-state index contributed by atoms with van der Waals surface area (Å²) in [6, 6.07) is 12.8. The van der Waals surface area contributed by atoms with Gasteiger partial charge in [0.2, 0.25) is 5.95 Å². The molecule has 0 bridgehead atoms. The molecule has 9 heteroatoms. The van der Waals surface area contributed by atoms with Crippen LogP contribution in [-0.2, 0) is 9.59 Å². The summed E-state index contributed by atoms with van der Waals surface area (Å²) in [6.45, 7) is 1.79. The number of aryl methyl sites for hydroxylation is 1. The standard InChI is InChI=1S/C24H18ClN3O5/c1-12-10-13(22(32-2)14(25)11-12)20(29)18-19(17-8-5-9-33-17)28(23(31)21(18)30)24-26-15-6-3-4-7-16(15)27-24/h3-11,19,29H,1-2H3,(H,26,27)/b20-18+. The normalized spacial score (nSPS) is 17.8. The highest BCUT2D eigenvalue weighted by atomic mass is 35.5. The first kappa shape index (κ1) is 20.8. The minimum atomic E-state index is -1.05. The SMILES string of the molecule is COc1c(Cl)cc(C)cc1/C(O)=C1\C(=O)C(=O)N(c2nc3ccccc3[nH]2)C1c1ccco1. The number of halogens is 1. The number of Topliss-reactive ketones (excluding diaryl/α,β-unsaturated/α-hetero) is 1. The molecule has 3 heterocycles. The number of amides is 1. The molecule has 1 atom stereocenters. The van der Waals surface area contributed by atoms with Crippen LogP contribution in [0.1, 0.15) is 22.9 Å². The summed E-state index contributed by atoms with van der Waals surface area (Å²) in [7, 11) is 1.41. The third-order valence-electron chi connectivity index (χ3n) is 5.51. The molecule has 1 aliphatic heterocycles. The van der Waals surface area contributed by atoms with Crippen LogP contribution < -0.4 is 9.64 Å². The van der Waals surface area contributed by atoms with Gasteiger partial charge in [0.1, 0.15) is 23.3 Å². The van der Waals surface area contributed by atoms with Crippen molar-refractivity contribution in [1.29, 1.82) is 0 Å². The summed E-state index contributed by atoms with van der Waals surface area (Å²) in [5.41, 5.74) is 2.10. The Hall–Kier alpha value is -4.04. The molecular weight excluding hydrogens is 446 g/mol. The molecule has 1 fully saturated rings. The summed E-state index contributed by atoms with van der Waals surface area (Å²) in [4.78, 5) is 35.2. The summed E-state index contributed by atoms with van der Waals surface area (Å²) in [5, 5.41) is 11.6. The smallest absolute Gasteiger partial charge is 0.302 e. The second kappa shape index (κ2) is 7.83. The lowest BCUT2D eigenvalue weighted by Crippen LogP contribution is -2.30. The molecule has 0 aliphatic carbocycles. The van der Waals surface area contributed by atoms with Crippen LogP contribution >= 0.6 is 11.6 Å². The van der Waals surface area contributed by atoms with E-state index in [2.05, 4.69) is 9.97 Å². The van der Waals surface area contributed by atoms with Gasteiger partial charge in [-0.05, 0) is 48.9 Å². The second-order valence-corrected chi connectivity index (χ2v) is 8.00. The number of methoxy groups -OCH3 is 1. The molecule has 2 N–H and O–H groups in total. The fourth-order valence-corrected chi connectivity index (χ4v) is 4.43. The van der Waals surface area contributed by atoms with E-state index < -0.39 is 23.5 Å². The average Bonchev–Trinajstić information content (AvgIpc) is 3.51. The van der Waals surface area contributed by atoms with E-state index in [1.54, 1.807) is 37.3 Å². The lowest BCUT2D eigenvalue weighted by atomic mass is 9.98. The van der Waals surface area contributed by atoms with Crippen molar-refractivity contribution in [2.75, 3.05) is 12.0 Å². The average molecular weight is 464 g/mol. The van der Waals surface area contributed by atoms with Crippen LogP contribution in [0.2, 0.25) is 5.02 Å². The molecule has 4 aromatic rings. The number of furan rings is 1. The molecule has 2 aromatic heterocycles. The number of aliphatic hydroxyl groups excluding tert-OH is 1. The minimum Gasteiger partial charge on any atom is -0.507 e. The van der Waals surface area contributed by atoms with Gasteiger partial charge in [-0.15, -0.1) is 0 Å². The maximum Gasteiger partial charge on any atom is 0.302 e. The van der Waals surface area contributed by atoms with Crippen molar-refractivity contribution in [3.8, 4) is 5.75 Å². The van der Waals surface area contributed by atoms with Gasteiger partial charge in [-0.2, -0.15) is 0 Å². The number of carbonyl (C=O) groups is 2. The van der Waals surface area contributed by atoms with Gasteiger partial charge < -0.3 is 19.2 Å². The number of hydrogen-bond acceptors (Lipinski definition) is 6. The number of hydrogen-bond donors (Lipinski definition) is 2. The van der Waals surface area contributed by atoms with Crippen LogP contribution in [0.3, 0.4) is 0 Å². The van der Waals surface area contributed by atoms with Gasteiger partial charge in [0.15, 0.2) is 0 Å². The van der Waals surface area contributed by atoms with Crippen LogP contribution in [-0.4, -0.2) is 33.9 Å². The van der Waals surface area contributed by atoms with E-state index in [4.69, 9.17) is 20.8 Å². The third-order valence-corrected chi connectivity index (χ3v) is 5.79. The molecule has 1 aliphatic rings. The number of anilines is 1. The van der Waals surface area contributed by atoms with Crippen molar-refractivity contribution in [2.45, 2.75) is 13.0 Å². The Morgan fingerprint density at radius 3 is 2.70 bits per heavy atom. The van der Waals surface area contributed by atoms with E-state index in [0.29, 0.717) is 11.0 Å². The molecule has 0 spiro atoms. The van der Waals surface area contributed by atoms with Gasteiger partial charge >= 0.3 is 5.91 Å². The van der Waals surface area contributed by atoms with Crippen LogP contribution in [0.25, 0.3) is 16.8 Å². The molecular formula is C24H18ClN3O5. The Kier molecular flexibility index (Phi) is 4.94. The molecule has 1 amide bonds. The number of rotatable bonds is 4. The van der Waals surface area contributed by atoms with Gasteiger partial charge in [-0.25, -0.2) is 4.98 Å². The number of para-hydroxylation sites is 2. The lowest BCUT2D eigenvalue weighted by Gasteiger charge is -2.21. The number of carbonyl (C=O) groups excluding carboxylic acids is 2. The van der Waals surface area contributed by atoms with Gasteiger partial charge in [0.25, 0.3) is 5.78 Å². The number of H-pyrrole nitrogens is 1. The minimum absolute atomic E-state index is 0.157. The van der Waals surface area contributed by atoms with Crippen molar-refractivity contribution in [3.63, 3.8) is 0 Å². The molecule has 33 heavy (non-hydrogen) atoms. The number of ketones is 1. The second-order valence-electron chi connectivity index (χ2n) is 7.59.